The van der Waals surface area contributed by atoms with Crippen molar-refractivity contribution in [2.24, 2.45) is 5.41 Å². The fraction of sp³-hybridized carbons (Fsp3) is 0.364. The maximum absolute atomic E-state index is 12.8. The first kappa shape index (κ1) is 20.5. The van der Waals surface area contributed by atoms with Gasteiger partial charge in [0, 0.05) is 12.2 Å². The van der Waals surface area contributed by atoms with Gasteiger partial charge in [-0.25, -0.2) is 0 Å². The molecule has 0 bridgehead atoms. The monoisotopic (exact) mass is 398 g/mol. The highest BCUT2D eigenvalue weighted by Gasteiger charge is 2.37. The van der Waals surface area contributed by atoms with Gasteiger partial charge in [0.1, 0.15) is 23.9 Å². The summed E-state index contributed by atoms with van der Waals surface area (Å²) >= 11 is 0. The number of rotatable bonds is 6. The van der Waals surface area contributed by atoms with Crippen LogP contribution >= 0.6 is 0 Å². The Bertz CT molecular complexity index is 893. The summed E-state index contributed by atoms with van der Waals surface area (Å²) in [6.07, 6.45) is 0. The smallest absolute Gasteiger partial charge is 0.262 e. The molecular weight excluding hydrogens is 372 g/mol. The first-order chi connectivity index (χ1) is 13.8. The van der Waals surface area contributed by atoms with Gasteiger partial charge in [-0.2, -0.15) is 0 Å². The lowest BCUT2D eigenvalue weighted by Gasteiger charge is -2.27. The third kappa shape index (κ3) is 4.62. The molecule has 1 N–H and O–H groups in total. The van der Waals surface area contributed by atoms with Gasteiger partial charge in [0.25, 0.3) is 5.91 Å². The molecule has 2 aromatic carbocycles. The first-order valence-electron chi connectivity index (χ1n) is 9.49. The van der Waals surface area contributed by atoms with Crippen molar-refractivity contribution in [2.75, 3.05) is 37.1 Å². The van der Waals surface area contributed by atoms with Crippen LogP contribution in [-0.4, -0.2) is 38.7 Å². The van der Waals surface area contributed by atoms with Crippen molar-refractivity contribution in [1.29, 1.82) is 0 Å². The van der Waals surface area contributed by atoms with Gasteiger partial charge in [-0.05, 0) is 63.2 Å². The van der Waals surface area contributed by atoms with Crippen LogP contribution in [0.2, 0.25) is 0 Å². The molecule has 0 aliphatic carbocycles. The number of fused-ring (bicyclic) bond motifs is 1. The number of benzene rings is 2. The molecule has 0 atom stereocenters. The molecular formula is C22H26N2O5. The second-order valence-electron chi connectivity index (χ2n) is 7.42. The third-order valence-corrected chi connectivity index (χ3v) is 4.69. The van der Waals surface area contributed by atoms with Gasteiger partial charge in [-0.15, -0.1) is 0 Å². The fourth-order valence-corrected chi connectivity index (χ4v) is 3.05. The molecule has 0 fully saturated rings. The second kappa shape index (κ2) is 8.43. The summed E-state index contributed by atoms with van der Waals surface area (Å²) in [4.78, 5) is 26.8. The highest BCUT2D eigenvalue weighted by Crippen LogP contribution is 2.38. The molecule has 0 aromatic heterocycles. The van der Waals surface area contributed by atoms with Crippen molar-refractivity contribution in [3.63, 3.8) is 0 Å². The number of hydrogen-bond acceptors (Lipinski definition) is 5. The maximum atomic E-state index is 12.8. The predicted octanol–water partition coefficient (Wildman–Crippen LogP) is 3.48. The molecule has 0 spiro atoms. The lowest BCUT2D eigenvalue weighted by molar-refractivity contribution is -0.127. The van der Waals surface area contributed by atoms with Crippen LogP contribution in [0.25, 0.3) is 0 Å². The topological polar surface area (TPSA) is 77.1 Å². The summed E-state index contributed by atoms with van der Waals surface area (Å²) in [7, 11) is 1.59. The second-order valence-corrected chi connectivity index (χ2v) is 7.42. The Morgan fingerprint density at radius 2 is 1.86 bits per heavy atom. The normalized spacial score (nSPS) is 15.0. The number of hydrogen-bond donors (Lipinski definition) is 1. The highest BCUT2D eigenvalue weighted by atomic mass is 16.5. The maximum Gasteiger partial charge on any atom is 0.262 e. The number of amides is 2. The van der Waals surface area contributed by atoms with E-state index in [1.54, 1.807) is 54.5 Å². The average Bonchev–Trinajstić information content (AvgIpc) is 2.81. The van der Waals surface area contributed by atoms with E-state index in [0.717, 1.165) is 0 Å². The zero-order valence-corrected chi connectivity index (χ0v) is 17.2. The van der Waals surface area contributed by atoms with Crippen molar-refractivity contribution < 1.29 is 23.8 Å². The van der Waals surface area contributed by atoms with Gasteiger partial charge in [0.2, 0.25) is 5.91 Å². The van der Waals surface area contributed by atoms with Crippen LogP contribution in [0.15, 0.2) is 42.5 Å². The molecule has 2 amide bonds. The van der Waals surface area contributed by atoms with Crippen LogP contribution in [0.3, 0.4) is 0 Å². The third-order valence-electron chi connectivity index (χ3n) is 4.69. The Kier molecular flexibility index (Phi) is 5.96. The Morgan fingerprint density at radius 3 is 2.52 bits per heavy atom. The van der Waals surface area contributed by atoms with E-state index in [2.05, 4.69) is 5.32 Å². The van der Waals surface area contributed by atoms with E-state index in [4.69, 9.17) is 14.2 Å². The fourth-order valence-electron chi connectivity index (χ4n) is 3.05. The lowest BCUT2D eigenvalue weighted by Crippen LogP contribution is -2.42. The van der Waals surface area contributed by atoms with E-state index in [9.17, 15) is 9.59 Å². The average molecular weight is 398 g/mol. The number of nitrogens with one attached hydrogen (secondary N) is 1. The van der Waals surface area contributed by atoms with Crippen LogP contribution in [0, 0.1) is 5.41 Å². The van der Waals surface area contributed by atoms with Gasteiger partial charge in [0.15, 0.2) is 6.61 Å². The Hall–Kier alpha value is -3.22. The van der Waals surface area contributed by atoms with Gasteiger partial charge in [-0.1, -0.05) is 0 Å². The lowest BCUT2D eigenvalue weighted by atomic mass is 9.93. The zero-order chi connectivity index (χ0) is 21.0. The summed E-state index contributed by atoms with van der Waals surface area (Å²) < 4.78 is 16.4. The number of carbonyl (C=O) groups excluding carboxylic acids is 2. The number of ether oxygens (including phenoxy) is 3. The van der Waals surface area contributed by atoms with Gasteiger partial charge in [-0.3, -0.25) is 9.59 Å². The molecule has 29 heavy (non-hydrogen) atoms. The Balaban J connectivity index is 1.69. The molecule has 0 saturated carbocycles. The van der Waals surface area contributed by atoms with E-state index in [1.807, 2.05) is 20.8 Å². The van der Waals surface area contributed by atoms with Crippen molar-refractivity contribution in [1.82, 2.24) is 0 Å². The zero-order valence-electron chi connectivity index (χ0n) is 17.2. The number of methoxy groups -OCH3 is 1. The van der Waals surface area contributed by atoms with Crippen LogP contribution in [-0.2, 0) is 9.59 Å². The number of carbonyl (C=O) groups is 2. The molecule has 1 aliphatic rings. The van der Waals surface area contributed by atoms with Crippen LogP contribution in [0.4, 0.5) is 11.4 Å². The largest absolute Gasteiger partial charge is 0.497 e. The standard InChI is InChI=1S/C22H26N2O5/c1-5-24-18-12-15(6-11-19(18)29-14-22(2,3)21(24)26)23-20(25)13-28-17-9-7-16(27-4)8-10-17/h6-12H,5,13-14H2,1-4H3,(H,23,25). The molecule has 1 aliphatic heterocycles. The molecule has 7 nitrogen and oxygen atoms in total. The SMILES string of the molecule is CCN1C(=O)C(C)(C)COc2ccc(NC(=O)COc3ccc(OC)cc3)cc21. The van der Waals surface area contributed by atoms with Crippen molar-refractivity contribution in [2.45, 2.75) is 20.8 Å². The van der Waals surface area contributed by atoms with Gasteiger partial charge >= 0.3 is 0 Å². The molecule has 2 aromatic rings. The molecule has 0 radical (unpaired) electrons. The van der Waals surface area contributed by atoms with Crippen LogP contribution in [0.5, 0.6) is 17.2 Å². The van der Waals surface area contributed by atoms with E-state index < -0.39 is 5.41 Å². The van der Waals surface area contributed by atoms with Gasteiger partial charge in [0.05, 0.1) is 18.2 Å². The van der Waals surface area contributed by atoms with E-state index in [-0.39, 0.29) is 18.4 Å². The number of nitrogens with zero attached hydrogens (tertiary/aromatic N) is 1. The van der Waals surface area contributed by atoms with Crippen molar-refractivity contribution in [3.05, 3.63) is 42.5 Å². The number of anilines is 2. The van der Waals surface area contributed by atoms with Gasteiger partial charge < -0.3 is 24.4 Å². The molecule has 0 unspecified atom stereocenters. The summed E-state index contributed by atoms with van der Waals surface area (Å²) in [6, 6.07) is 12.3. The van der Waals surface area contributed by atoms with Crippen molar-refractivity contribution >= 4 is 23.2 Å². The minimum atomic E-state index is -0.620. The predicted molar refractivity (Wildman–Crippen MR) is 111 cm³/mol. The Morgan fingerprint density at radius 1 is 1.17 bits per heavy atom. The van der Waals surface area contributed by atoms with E-state index in [1.165, 1.54) is 0 Å². The summed E-state index contributed by atoms with van der Waals surface area (Å²) in [5.74, 6) is 1.60. The van der Waals surface area contributed by atoms with Crippen LogP contribution < -0.4 is 24.4 Å². The molecule has 7 heteroatoms. The molecule has 1 heterocycles. The molecule has 0 saturated heterocycles. The summed E-state index contributed by atoms with van der Waals surface area (Å²) in [5.41, 5.74) is 0.601. The minimum Gasteiger partial charge on any atom is -0.497 e. The Labute approximate surface area is 170 Å². The van der Waals surface area contributed by atoms with Crippen LogP contribution in [0.1, 0.15) is 20.8 Å². The minimum absolute atomic E-state index is 0.00920. The first-order valence-corrected chi connectivity index (χ1v) is 9.49. The molecule has 154 valence electrons. The van der Waals surface area contributed by atoms with Crippen molar-refractivity contribution in [3.8, 4) is 17.2 Å². The van der Waals surface area contributed by atoms with E-state index >= 15 is 0 Å². The quantitative estimate of drug-likeness (QED) is 0.806. The summed E-state index contributed by atoms with van der Waals surface area (Å²) in [6.45, 7) is 6.32. The molecule has 3 rings (SSSR count). The summed E-state index contributed by atoms with van der Waals surface area (Å²) in [5, 5.41) is 2.80. The van der Waals surface area contributed by atoms with E-state index in [0.29, 0.717) is 41.8 Å². The highest BCUT2D eigenvalue weighted by molar-refractivity contribution is 6.00.